The third-order valence-electron chi connectivity index (χ3n) is 8.04. The molecule has 3 N–H and O–H groups in total. The standard InChI is InChI=1S/C28H30N6O5S/c1-39-21-8-3-16(4-9-21)23-10-5-17(13-30-23)22-14-31-34-27(29)26(40(2,37)38)25(32-28(22)34)18-11-19-6-7-20(12-18)33(19)24(36)15-35/h3-5,8-10,13-14,18-20,35H,6-7,11-12,15,29H2,1-2H3/t18-,19+,20-. The molecule has 0 spiro atoms. The summed E-state index contributed by atoms with van der Waals surface area (Å²) in [6, 6.07) is 11.3. The van der Waals surface area contributed by atoms with Crippen LogP contribution in [0.4, 0.5) is 5.82 Å². The van der Waals surface area contributed by atoms with Gasteiger partial charge in [0.1, 0.15) is 23.1 Å². The van der Waals surface area contributed by atoms with E-state index in [0.29, 0.717) is 29.7 Å². The van der Waals surface area contributed by atoms with Crippen molar-refractivity contribution in [2.75, 3.05) is 25.7 Å². The van der Waals surface area contributed by atoms with E-state index in [-0.39, 0.29) is 34.6 Å². The maximum absolute atomic E-state index is 13.0. The van der Waals surface area contributed by atoms with Crippen LogP contribution in [0.5, 0.6) is 5.75 Å². The molecule has 1 amide bonds. The molecule has 3 atom stereocenters. The Bertz CT molecular complexity index is 1690. The van der Waals surface area contributed by atoms with Crippen molar-refractivity contribution in [1.82, 2.24) is 24.5 Å². The minimum Gasteiger partial charge on any atom is -0.497 e. The van der Waals surface area contributed by atoms with Crippen LogP contribution in [0.25, 0.3) is 28.0 Å². The number of sulfone groups is 1. The topological polar surface area (TPSA) is 153 Å². The predicted octanol–water partition coefficient (Wildman–Crippen LogP) is 2.68. The van der Waals surface area contributed by atoms with E-state index in [9.17, 15) is 18.3 Å². The molecule has 208 valence electrons. The largest absolute Gasteiger partial charge is 0.497 e. The Kier molecular flexibility index (Phi) is 6.46. The zero-order valence-corrected chi connectivity index (χ0v) is 23.0. The summed E-state index contributed by atoms with van der Waals surface area (Å²) >= 11 is 0. The van der Waals surface area contributed by atoms with Gasteiger partial charge in [-0.15, -0.1) is 0 Å². The van der Waals surface area contributed by atoms with Crippen molar-refractivity contribution in [3.8, 4) is 28.1 Å². The monoisotopic (exact) mass is 562 g/mol. The minimum atomic E-state index is -3.74. The fourth-order valence-electron chi connectivity index (χ4n) is 6.25. The van der Waals surface area contributed by atoms with E-state index >= 15 is 0 Å². The number of amides is 1. The number of nitrogens with two attached hydrogens (primary N) is 1. The van der Waals surface area contributed by atoms with E-state index in [4.69, 9.17) is 15.5 Å². The number of anilines is 1. The van der Waals surface area contributed by atoms with Crippen LogP contribution in [0, 0.1) is 0 Å². The molecular weight excluding hydrogens is 532 g/mol. The molecule has 2 fully saturated rings. The lowest BCUT2D eigenvalue weighted by atomic mass is 9.87. The average Bonchev–Trinajstić information content (AvgIpc) is 3.50. The second-order valence-electron chi connectivity index (χ2n) is 10.5. The lowest BCUT2D eigenvalue weighted by Gasteiger charge is -2.39. The number of methoxy groups -OCH3 is 1. The number of aliphatic hydroxyl groups excluding tert-OH is 1. The number of aromatic nitrogens is 4. The number of nitrogen functional groups attached to an aromatic ring is 1. The van der Waals surface area contributed by atoms with Crippen LogP contribution in [0.2, 0.25) is 0 Å². The summed E-state index contributed by atoms with van der Waals surface area (Å²) in [6.45, 7) is -0.534. The van der Waals surface area contributed by atoms with Crippen LogP contribution in [-0.4, -0.2) is 76.0 Å². The van der Waals surface area contributed by atoms with Gasteiger partial charge < -0.3 is 20.5 Å². The Morgan fingerprint density at radius 1 is 1.07 bits per heavy atom. The van der Waals surface area contributed by atoms with Gasteiger partial charge in [-0.2, -0.15) is 9.61 Å². The van der Waals surface area contributed by atoms with Crippen molar-refractivity contribution in [2.45, 2.75) is 48.6 Å². The van der Waals surface area contributed by atoms with E-state index in [1.807, 2.05) is 36.4 Å². The van der Waals surface area contributed by atoms with Gasteiger partial charge in [0.25, 0.3) is 0 Å². The first-order valence-electron chi connectivity index (χ1n) is 13.1. The molecule has 0 unspecified atom stereocenters. The number of aliphatic hydroxyl groups is 1. The van der Waals surface area contributed by atoms with Gasteiger partial charge in [0.15, 0.2) is 15.5 Å². The molecule has 12 heteroatoms. The van der Waals surface area contributed by atoms with Gasteiger partial charge in [0, 0.05) is 47.1 Å². The smallest absolute Gasteiger partial charge is 0.248 e. The van der Waals surface area contributed by atoms with Crippen molar-refractivity contribution < 1.29 is 23.1 Å². The molecule has 0 saturated carbocycles. The molecule has 1 aromatic carbocycles. The van der Waals surface area contributed by atoms with Gasteiger partial charge in [-0.3, -0.25) is 9.78 Å². The van der Waals surface area contributed by atoms with Crippen LogP contribution in [0.1, 0.15) is 37.3 Å². The van der Waals surface area contributed by atoms with E-state index < -0.39 is 16.4 Å². The number of hydrogen-bond acceptors (Lipinski definition) is 9. The summed E-state index contributed by atoms with van der Waals surface area (Å²) in [6.07, 6.45) is 7.19. The van der Waals surface area contributed by atoms with E-state index in [2.05, 4.69) is 10.1 Å². The molecule has 3 aromatic heterocycles. The van der Waals surface area contributed by atoms with Crippen LogP contribution in [0.15, 0.2) is 53.7 Å². The Morgan fingerprint density at radius 2 is 1.75 bits per heavy atom. The molecule has 40 heavy (non-hydrogen) atoms. The first kappa shape index (κ1) is 26.2. The van der Waals surface area contributed by atoms with Gasteiger partial charge in [-0.05, 0) is 56.0 Å². The second-order valence-corrected chi connectivity index (χ2v) is 12.4. The first-order chi connectivity index (χ1) is 19.2. The van der Waals surface area contributed by atoms with Gasteiger partial charge in [0.05, 0.1) is 24.7 Å². The Labute approximate surface area is 231 Å². The average molecular weight is 563 g/mol. The Hall–Kier alpha value is -4.03. The molecule has 2 aliphatic rings. The quantitative estimate of drug-likeness (QED) is 0.361. The minimum absolute atomic E-state index is 0.0118. The van der Waals surface area contributed by atoms with Gasteiger partial charge in [-0.25, -0.2) is 13.4 Å². The van der Waals surface area contributed by atoms with Gasteiger partial charge in [0.2, 0.25) is 5.91 Å². The SMILES string of the molecule is COc1ccc(-c2ccc(-c3cnn4c(N)c(S(C)(=O)=O)c([C@H]5C[C@H]6CC[C@@H](C5)N6C(=O)CO)nc34)cn2)cc1. The predicted molar refractivity (Wildman–Crippen MR) is 148 cm³/mol. The third-order valence-corrected chi connectivity index (χ3v) is 9.20. The van der Waals surface area contributed by atoms with Crippen LogP contribution in [-0.2, 0) is 14.6 Å². The molecule has 5 heterocycles. The lowest BCUT2D eigenvalue weighted by Crippen LogP contribution is -2.47. The van der Waals surface area contributed by atoms with Crippen molar-refractivity contribution >= 4 is 27.2 Å². The number of hydrogen-bond donors (Lipinski definition) is 2. The van der Waals surface area contributed by atoms with Gasteiger partial charge >= 0.3 is 0 Å². The number of nitrogens with zero attached hydrogens (tertiary/aromatic N) is 5. The highest BCUT2D eigenvalue weighted by Gasteiger charge is 2.45. The molecule has 0 aliphatic carbocycles. The lowest BCUT2D eigenvalue weighted by molar-refractivity contribution is -0.138. The molecule has 2 aliphatic heterocycles. The summed E-state index contributed by atoms with van der Waals surface area (Å²) in [4.78, 5) is 23.6. The van der Waals surface area contributed by atoms with Crippen molar-refractivity contribution in [2.24, 2.45) is 0 Å². The fourth-order valence-corrected chi connectivity index (χ4v) is 7.31. The van der Waals surface area contributed by atoms with Crippen molar-refractivity contribution in [3.05, 3.63) is 54.5 Å². The van der Waals surface area contributed by atoms with Crippen LogP contribution >= 0.6 is 0 Å². The molecular formula is C28H30N6O5S. The molecule has 2 bridgehead atoms. The number of ether oxygens (including phenoxy) is 1. The number of piperidine rings is 1. The number of benzene rings is 1. The van der Waals surface area contributed by atoms with E-state index in [0.717, 1.165) is 41.7 Å². The summed E-state index contributed by atoms with van der Waals surface area (Å²) in [7, 11) is -2.12. The summed E-state index contributed by atoms with van der Waals surface area (Å²) < 4.78 is 32.5. The highest BCUT2D eigenvalue weighted by atomic mass is 32.2. The van der Waals surface area contributed by atoms with Crippen molar-refractivity contribution in [1.29, 1.82) is 0 Å². The summed E-state index contributed by atoms with van der Waals surface area (Å²) in [5.74, 6) is 0.271. The Balaban J connectivity index is 1.41. The first-order valence-corrected chi connectivity index (χ1v) is 15.0. The summed E-state index contributed by atoms with van der Waals surface area (Å²) in [5.41, 5.74) is 10.5. The highest BCUT2D eigenvalue weighted by Crippen LogP contribution is 2.45. The molecule has 11 nitrogen and oxygen atoms in total. The maximum atomic E-state index is 13.0. The molecule has 2 saturated heterocycles. The number of rotatable bonds is 6. The Morgan fingerprint density at radius 3 is 2.33 bits per heavy atom. The van der Waals surface area contributed by atoms with E-state index in [1.54, 1.807) is 24.4 Å². The number of carbonyl (C=O) groups is 1. The van der Waals surface area contributed by atoms with Crippen LogP contribution < -0.4 is 10.5 Å². The normalized spacial score (nSPS) is 20.7. The zero-order valence-electron chi connectivity index (χ0n) is 22.2. The second kappa shape index (κ2) is 9.86. The number of pyridine rings is 1. The highest BCUT2D eigenvalue weighted by molar-refractivity contribution is 7.91. The maximum Gasteiger partial charge on any atom is 0.248 e. The fraction of sp³-hybridized carbons (Fsp3) is 0.357. The summed E-state index contributed by atoms with van der Waals surface area (Å²) in [5, 5.41) is 13.8. The molecule has 4 aromatic rings. The van der Waals surface area contributed by atoms with Gasteiger partial charge in [-0.1, -0.05) is 6.07 Å². The molecule has 0 radical (unpaired) electrons. The zero-order chi connectivity index (χ0) is 28.2. The van der Waals surface area contributed by atoms with Crippen LogP contribution in [0.3, 0.4) is 0 Å². The number of fused-ring (bicyclic) bond motifs is 3. The number of carbonyl (C=O) groups excluding carboxylic acids is 1. The van der Waals surface area contributed by atoms with Crippen molar-refractivity contribution in [3.63, 3.8) is 0 Å². The molecule has 6 rings (SSSR count). The van der Waals surface area contributed by atoms with E-state index in [1.165, 1.54) is 4.52 Å². The third kappa shape index (κ3) is 4.37.